The van der Waals surface area contributed by atoms with Gasteiger partial charge in [0.05, 0.1) is 0 Å². The number of hydrogen-bond acceptors (Lipinski definition) is 2. The van der Waals surface area contributed by atoms with E-state index in [9.17, 15) is 4.79 Å². The van der Waals surface area contributed by atoms with Crippen LogP contribution in [0.1, 0.15) is 36.8 Å². The van der Waals surface area contributed by atoms with Gasteiger partial charge < -0.3 is 10.5 Å². The van der Waals surface area contributed by atoms with Crippen molar-refractivity contribution in [1.82, 2.24) is 0 Å². The van der Waals surface area contributed by atoms with Gasteiger partial charge in [-0.25, -0.2) is 0 Å². The summed E-state index contributed by atoms with van der Waals surface area (Å²) in [7, 11) is 0. The van der Waals surface area contributed by atoms with Crippen molar-refractivity contribution in [3.63, 3.8) is 0 Å². The Kier molecular flexibility index (Phi) is 4.37. The molecule has 0 bridgehead atoms. The molecule has 18 heavy (non-hydrogen) atoms. The number of benzene rings is 1. The zero-order valence-electron chi connectivity index (χ0n) is 10.9. The number of nitrogens with two attached hydrogens (primary N) is 1. The molecular formula is C15H21NO2. The van der Waals surface area contributed by atoms with Gasteiger partial charge in [0, 0.05) is 19.1 Å². The summed E-state index contributed by atoms with van der Waals surface area (Å²) < 4.78 is 5.37. The highest BCUT2D eigenvalue weighted by Crippen LogP contribution is 2.27. The van der Waals surface area contributed by atoms with E-state index < -0.39 is 0 Å². The molecule has 1 saturated heterocycles. The largest absolute Gasteiger partial charge is 0.381 e. The van der Waals surface area contributed by atoms with E-state index in [1.807, 2.05) is 6.92 Å². The third-order valence-electron chi connectivity index (χ3n) is 3.70. The molecule has 1 aromatic carbocycles. The van der Waals surface area contributed by atoms with E-state index in [0.717, 1.165) is 32.5 Å². The molecule has 1 aliphatic heterocycles. The minimum absolute atomic E-state index is 0.0982. The minimum atomic E-state index is -0.233. The Morgan fingerprint density at radius 2 is 1.94 bits per heavy atom. The number of rotatable bonds is 4. The third-order valence-corrected chi connectivity index (χ3v) is 3.70. The van der Waals surface area contributed by atoms with Crippen molar-refractivity contribution in [3.05, 3.63) is 35.4 Å². The maximum atomic E-state index is 11.0. The summed E-state index contributed by atoms with van der Waals surface area (Å²) in [6.07, 6.45) is 2.94. The van der Waals surface area contributed by atoms with Crippen LogP contribution in [0.25, 0.3) is 0 Å². The number of carbonyl (C=O) groups is 1. The molecule has 1 aliphatic rings. The van der Waals surface area contributed by atoms with Crippen LogP contribution in [0.15, 0.2) is 24.3 Å². The minimum Gasteiger partial charge on any atom is -0.381 e. The van der Waals surface area contributed by atoms with E-state index in [2.05, 4.69) is 24.3 Å². The second-order valence-electron chi connectivity index (χ2n) is 5.14. The van der Waals surface area contributed by atoms with Gasteiger partial charge in [-0.3, -0.25) is 4.79 Å². The fourth-order valence-corrected chi connectivity index (χ4v) is 2.41. The average molecular weight is 247 g/mol. The molecule has 2 N–H and O–H groups in total. The van der Waals surface area contributed by atoms with Crippen molar-refractivity contribution >= 4 is 5.91 Å². The smallest absolute Gasteiger partial charge is 0.220 e. The lowest BCUT2D eigenvalue weighted by Crippen LogP contribution is -2.22. The topological polar surface area (TPSA) is 52.3 Å². The van der Waals surface area contributed by atoms with E-state index in [-0.39, 0.29) is 11.8 Å². The first-order valence-electron chi connectivity index (χ1n) is 6.62. The first-order valence-corrected chi connectivity index (χ1v) is 6.62. The van der Waals surface area contributed by atoms with Crippen molar-refractivity contribution in [1.29, 1.82) is 0 Å². The first kappa shape index (κ1) is 13.1. The molecule has 1 amide bonds. The van der Waals surface area contributed by atoms with Gasteiger partial charge in [0.1, 0.15) is 0 Å². The fourth-order valence-electron chi connectivity index (χ4n) is 2.41. The molecule has 1 atom stereocenters. The number of carbonyl (C=O) groups excluding carboxylic acids is 1. The molecule has 98 valence electrons. The van der Waals surface area contributed by atoms with Crippen LogP contribution in [0.2, 0.25) is 0 Å². The summed E-state index contributed by atoms with van der Waals surface area (Å²) in [5, 5.41) is 0. The maximum absolute atomic E-state index is 11.0. The molecule has 0 saturated carbocycles. The summed E-state index contributed by atoms with van der Waals surface area (Å²) in [4.78, 5) is 11.0. The molecule has 0 spiro atoms. The van der Waals surface area contributed by atoms with Gasteiger partial charge >= 0.3 is 0 Å². The summed E-state index contributed by atoms with van der Waals surface area (Å²) in [6.45, 7) is 3.60. The highest BCUT2D eigenvalue weighted by Gasteiger charge is 2.16. The van der Waals surface area contributed by atoms with E-state index in [1.54, 1.807) is 0 Å². The molecule has 3 heteroatoms. The van der Waals surface area contributed by atoms with Gasteiger partial charge in [-0.05, 0) is 36.3 Å². The molecule has 2 rings (SSSR count). The van der Waals surface area contributed by atoms with Gasteiger partial charge in [-0.2, -0.15) is 0 Å². The van der Waals surface area contributed by atoms with Gasteiger partial charge in [-0.1, -0.05) is 31.2 Å². The highest BCUT2D eigenvalue weighted by atomic mass is 16.5. The Bertz CT molecular complexity index is 393. The lowest BCUT2D eigenvalue weighted by molar-refractivity contribution is -0.121. The molecule has 0 aromatic heterocycles. The average Bonchev–Trinajstić information content (AvgIpc) is 2.40. The highest BCUT2D eigenvalue weighted by molar-refractivity contribution is 5.76. The Morgan fingerprint density at radius 3 is 2.50 bits per heavy atom. The first-order chi connectivity index (χ1) is 8.66. The van der Waals surface area contributed by atoms with Gasteiger partial charge in [-0.15, -0.1) is 0 Å². The molecule has 1 heterocycles. The van der Waals surface area contributed by atoms with Crippen molar-refractivity contribution in [2.24, 2.45) is 11.7 Å². The maximum Gasteiger partial charge on any atom is 0.220 e. The van der Waals surface area contributed by atoms with Crippen LogP contribution < -0.4 is 5.73 Å². The third kappa shape index (κ3) is 3.33. The van der Waals surface area contributed by atoms with Crippen LogP contribution in [0, 0.1) is 5.92 Å². The zero-order valence-corrected chi connectivity index (χ0v) is 10.9. The van der Waals surface area contributed by atoms with Crippen LogP contribution in [-0.2, 0) is 16.0 Å². The molecule has 0 radical (unpaired) electrons. The summed E-state index contributed by atoms with van der Waals surface area (Å²) >= 11 is 0. The van der Waals surface area contributed by atoms with Crippen molar-refractivity contribution in [3.8, 4) is 0 Å². The Hall–Kier alpha value is -1.35. The van der Waals surface area contributed by atoms with E-state index in [4.69, 9.17) is 10.5 Å². The lowest BCUT2D eigenvalue weighted by Gasteiger charge is -2.22. The number of amides is 1. The second-order valence-corrected chi connectivity index (χ2v) is 5.14. The predicted octanol–water partition coefficient (Wildman–Crippen LogP) is 2.24. The van der Waals surface area contributed by atoms with E-state index in [1.165, 1.54) is 11.1 Å². The van der Waals surface area contributed by atoms with Crippen LogP contribution in [0.3, 0.4) is 0 Å². The zero-order chi connectivity index (χ0) is 13.0. The normalized spacial score (nSPS) is 18.5. The number of hydrogen-bond donors (Lipinski definition) is 1. The quantitative estimate of drug-likeness (QED) is 0.887. The second kappa shape index (κ2) is 6.01. The van der Waals surface area contributed by atoms with Crippen molar-refractivity contribution < 1.29 is 9.53 Å². The summed E-state index contributed by atoms with van der Waals surface area (Å²) in [6, 6.07) is 8.59. The standard InChI is InChI=1S/C15H21NO2/c1-11(15(16)17)10-12-2-4-13(5-3-12)14-6-8-18-9-7-14/h2-5,11,14H,6-10H2,1H3,(H2,16,17). The Morgan fingerprint density at radius 1 is 1.33 bits per heavy atom. The SMILES string of the molecule is CC(Cc1ccc(C2CCOCC2)cc1)C(N)=O. The number of ether oxygens (including phenoxy) is 1. The van der Waals surface area contributed by atoms with Crippen LogP contribution in [0.4, 0.5) is 0 Å². The number of primary amides is 1. The molecule has 0 aliphatic carbocycles. The summed E-state index contributed by atoms with van der Waals surface area (Å²) in [5.74, 6) is 0.295. The van der Waals surface area contributed by atoms with Gasteiger partial charge in [0.25, 0.3) is 0 Å². The monoisotopic (exact) mass is 247 g/mol. The van der Waals surface area contributed by atoms with Gasteiger partial charge in [0.15, 0.2) is 0 Å². The fraction of sp³-hybridized carbons (Fsp3) is 0.533. The van der Waals surface area contributed by atoms with Crippen LogP contribution in [-0.4, -0.2) is 19.1 Å². The molecule has 1 unspecified atom stereocenters. The van der Waals surface area contributed by atoms with Crippen molar-refractivity contribution in [2.45, 2.75) is 32.1 Å². The Labute approximate surface area is 108 Å². The molecule has 1 aromatic rings. The van der Waals surface area contributed by atoms with E-state index >= 15 is 0 Å². The predicted molar refractivity (Wildman–Crippen MR) is 71.3 cm³/mol. The lowest BCUT2D eigenvalue weighted by atomic mass is 9.90. The molecular weight excluding hydrogens is 226 g/mol. The van der Waals surface area contributed by atoms with Crippen molar-refractivity contribution in [2.75, 3.05) is 13.2 Å². The van der Waals surface area contributed by atoms with Gasteiger partial charge in [0.2, 0.25) is 5.91 Å². The van der Waals surface area contributed by atoms with Crippen LogP contribution in [0.5, 0.6) is 0 Å². The van der Waals surface area contributed by atoms with E-state index in [0.29, 0.717) is 5.92 Å². The molecule has 1 fully saturated rings. The molecule has 3 nitrogen and oxygen atoms in total. The van der Waals surface area contributed by atoms with Crippen LogP contribution >= 0.6 is 0 Å². The summed E-state index contributed by atoms with van der Waals surface area (Å²) in [5.41, 5.74) is 7.84. The Balaban J connectivity index is 1.98.